The summed E-state index contributed by atoms with van der Waals surface area (Å²) in [6.45, 7) is 11.9. The molecule has 0 aromatic heterocycles. The summed E-state index contributed by atoms with van der Waals surface area (Å²) in [5.74, 6) is 0.126. The van der Waals surface area contributed by atoms with Gasteiger partial charge in [-0.1, -0.05) is 6.92 Å². The number of hydrogen-bond donors (Lipinski definition) is 1. The summed E-state index contributed by atoms with van der Waals surface area (Å²) in [6.07, 6.45) is 0. The second-order valence-corrected chi connectivity index (χ2v) is 4.74. The first kappa shape index (κ1) is 15.4. The first-order chi connectivity index (χ1) is 7.36. The highest BCUT2D eigenvalue weighted by atomic mass is 16.5. The fourth-order valence-corrected chi connectivity index (χ4v) is 1.66. The smallest absolute Gasteiger partial charge is 0.242 e. The topological polar surface area (TPSA) is 41.6 Å². The third-order valence-electron chi connectivity index (χ3n) is 2.57. The third-order valence-corrected chi connectivity index (χ3v) is 2.57. The number of amides is 1. The van der Waals surface area contributed by atoms with Gasteiger partial charge in [0.25, 0.3) is 0 Å². The number of nitrogens with one attached hydrogen (secondary N) is 1. The van der Waals surface area contributed by atoms with E-state index in [1.807, 2.05) is 39.5 Å². The van der Waals surface area contributed by atoms with Gasteiger partial charge in [-0.15, -0.1) is 0 Å². The van der Waals surface area contributed by atoms with Gasteiger partial charge >= 0.3 is 0 Å². The number of ether oxygens (including phenoxy) is 1. The summed E-state index contributed by atoms with van der Waals surface area (Å²) in [7, 11) is 1.65. The molecule has 0 heterocycles. The van der Waals surface area contributed by atoms with Crippen LogP contribution in [0.2, 0.25) is 0 Å². The Hall–Kier alpha value is -0.610. The largest absolute Gasteiger partial charge is 0.383 e. The molecule has 0 rings (SSSR count). The van der Waals surface area contributed by atoms with E-state index in [2.05, 4.69) is 5.32 Å². The Bertz CT molecular complexity index is 215. The van der Waals surface area contributed by atoms with Crippen LogP contribution in [-0.2, 0) is 9.53 Å². The summed E-state index contributed by atoms with van der Waals surface area (Å²) in [6, 6.07) is 0.195. The van der Waals surface area contributed by atoms with Crippen molar-refractivity contribution in [3.05, 3.63) is 0 Å². The lowest BCUT2D eigenvalue weighted by molar-refractivity contribution is -0.139. The van der Waals surface area contributed by atoms with Crippen LogP contribution in [0, 0.1) is 0 Å². The van der Waals surface area contributed by atoms with Gasteiger partial charge in [-0.3, -0.25) is 4.79 Å². The molecule has 0 fully saturated rings. The van der Waals surface area contributed by atoms with Gasteiger partial charge in [0.05, 0.1) is 12.1 Å². The Morgan fingerprint density at radius 3 is 2.38 bits per heavy atom. The number of carbonyl (C=O) groups excluding carboxylic acids is 1. The van der Waals surface area contributed by atoms with Crippen LogP contribution < -0.4 is 5.32 Å². The lowest BCUT2D eigenvalue weighted by Crippen LogP contribution is -2.56. The summed E-state index contributed by atoms with van der Waals surface area (Å²) >= 11 is 0. The van der Waals surface area contributed by atoms with Crippen molar-refractivity contribution in [3.63, 3.8) is 0 Å². The normalized spacial score (nSPS) is 11.9. The first-order valence-electron chi connectivity index (χ1n) is 5.91. The molecule has 0 aliphatic rings. The van der Waals surface area contributed by atoms with Crippen molar-refractivity contribution in [1.82, 2.24) is 10.2 Å². The number of likely N-dealkylation sites (N-methyl/N-ethyl adjacent to an activating group) is 1. The van der Waals surface area contributed by atoms with Crippen molar-refractivity contribution in [3.8, 4) is 0 Å². The molecule has 16 heavy (non-hydrogen) atoms. The van der Waals surface area contributed by atoms with Crippen LogP contribution in [0.25, 0.3) is 0 Å². The van der Waals surface area contributed by atoms with E-state index in [1.54, 1.807) is 7.11 Å². The van der Waals surface area contributed by atoms with E-state index in [4.69, 9.17) is 4.74 Å². The number of methoxy groups -OCH3 is 1. The van der Waals surface area contributed by atoms with E-state index in [9.17, 15) is 4.79 Å². The third kappa shape index (κ3) is 4.49. The quantitative estimate of drug-likeness (QED) is 0.716. The predicted molar refractivity (Wildman–Crippen MR) is 66.5 cm³/mol. The fourth-order valence-electron chi connectivity index (χ4n) is 1.66. The SMILES string of the molecule is CCNC(C)(C)C(=O)N(CCOC)C(C)C. The van der Waals surface area contributed by atoms with E-state index < -0.39 is 5.54 Å². The second-order valence-electron chi connectivity index (χ2n) is 4.74. The van der Waals surface area contributed by atoms with Crippen molar-refractivity contribution in [2.24, 2.45) is 0 Å². The average Bonchev–Trinajstić information content (AvgIpc) is 2.17. The molecule has 4 nitrogen and oxygen atoms in total. The van der Waals surface area contributed by atoms with Crippen LogP contribution in [0.4, 0.5) is 0 Å². The van der Waals surface area contributed by atoms with Gasteiger partial charge in [0.2, 0.25) is 5.91 Å². The van der Waals surface area contributed by atoms with Gasteiger partial charge in [0.1, 0.15) is 0 Å². The lowest BCUT2D eigenvalue weighted by Gasteiger charge is -2.35. The zero-order valence-electron chi connectivity index (χ0n) is 11.5. The van der Waals surface area contributed by atoms with Crippen LogP contribution in [-0.4, -0.2) is 49.2 Å². The highest BCUT2D eigenvalue weighted by Crippen LogP contribution is 2.11. The summed E-state index contributed by atoms with van der Waals surface area (Å²) in [4.78, 5) is 14.2. The van der Waals surface area contributed by atoms with Crippen LogP contribution in [0.1, 0.15) is 34.6 Å². The summed E-state index contributed by atoms with van der Waals surface area (Å²) in [5, 5.41) is 3.20. The van der Waals surface area contributed by atoms with Crippen molar-refractivity contribution >= 4 is 5.91 Å². The molecule has 0 unspecified atom stereocenters. The molecule has 0 saturated carbocycles. The van der Waals surface area contributed by atoms with E-state index >= 15 is 0 Å². The van der Waals surface area contributed by atoms with E-state index in [0.29, 0.717) is 13.2 Å². The van der Waals surface area contributed by atoms with E-state index in [0.717, 1.165) is 6.54 Å². The molecule has 0 aromatic carbocycles. The molecule has 0 saturated heterocycles. The van der Waals surface area contributed by atoms with Gasteiger partial charge in [-0.05, 0) is 34.2 Å². The minimum absolute atomic E-state index is 0.126. The Morgan fingerprint density at radius 2 is 2.00 bits per heavy atom. The molecule has 96 valence electrons. The van der Waals surface area contributed by atoms with Crippen molar-refractivity contribution in [2.75, 3.05) is 26.8 Å². The Morgan fingerprint density at radius 1 is 1.44 bits per heavy atom. The van der Waals surface area contributed by atoms with Gasteiger partial charge in [0, 0.05) is 19.7 Å². The van der Waals surface area contributed by atoms with Gasteiger partial charge in [-0.2, -0.15) is 0 Å². The maximum absolute atomic E-state index is 12.3. The summed E-state index contributed by atoms with van der Waals surface area (Å²) < 4.78 is 5.03. The van der Waals surface area contributed by atoms with Gasteiger partial charge in [0.15, 0.2) is 0 Å². The molecular formula is C12H26N2O2. The van der Waals surface area contributed by atoms with Crippen molar-refractivity contribution in [2.45, 2.75) is 46.2 Å². The van der Waals surface area contributed by atoms with E-state index in [-0.39, 0.29) is 11.9 Å². The molecule has 0 radical (unpaired) electrons. The zero-order valence-corrected chi connectivity index (χ0v) is 11.5. The predicted octanol–water partition coefficient (Wildman–Crippen LogP) is 1.26. The van der Waals surface area contributed by atoms with Crippen molar-refractivity contribution in [1.29, 1.82) is 0 Å². The molecule has 1 amide bonds. The second kappa shape index (κ2) is 6.86. The monoisotopic (exact) mass is 230 g/mol. The Balaban J connectivity index is 4.59. The minimum atomic E-state index is -0.507. The number of rotatable bonds is 7. The van der Waals surface area contributed by atoms with Crippen LogP contribution in [0.15, 0.2) is 0 Å². The standard InChI is InChI=1S/C12H26N2O2/c1-7-13-12(4,5)11(15)14(10(2)3)8-9-16-6/h10,13H,7-9H2,1-6H3. The molecule has 1 N–H and O–H groups in total. The van der Waals surface area contributed by atoms with E-state index in [1.165, 1.54) is 0 Å². The molecule has 0 bridgehead atoms. The number of carbonyl (C=O) groups is 1. The lowest BCUT2D eigenvalue weighted by atomic mass is 10.0. The highest BCUT2D eigenvalue weighted by Gasteiger charge is 2.31. The average molecular weight is 230 g/mol. The zero-order chi connectivity index (χ0) is 12.8. The van der Waals surface area contributed by atoms with Crippen LogP contribution >= 0.6 is 0 Å². The molecular weight excluding hydrogens is 204 g/mol. The fraction of sp³-hybridized carbons (Fsp3) is 0.917. The van der Waals surface area contributed by atoms with Crippen molar-refractivity contribution < 1.29 is 9.53 Å². The van der Waals surface area contributed by atoms with Gasteiger partial charge < -0.3 is 15.0 Å². The minimum Gasteiger partial charge on any atom is -0.383 e. The maximum atomic E-state index is 12.3. The molecule has 0 atom stereocenters. The van der Waals surface area contributed by atoms with Gasteiger partial charge in [-0.25, -0.2) is 0 Å². The molecule has 0 aromatic rings. The molecule has 0 spiro atoms. The maximum Gasteiger partial charge on any atom is 0.242 e. The number of nitrogens with zero attached hydrogens (tertiary/aromatic N) is 1. The van der Waals surface area contributed by atoms with Crippen LogP contribution in [0.5, 0.6) is 0 Å². The molecule has 0 aliphatic heterocycles. The first-order valence-corrected chi connectivity index (χ1v) is 5.91. The summed E-state index contributed by atoms with van der Waals surface area (Å²) in [5.41, 5.74) is -0.507. The Labute approximate surface area is 99.3 Å². The van der Waals surface area contributed by atoms with Crippen LogP contribution in [0.3, 0.4) is 0 Å². The molecule has 4 heteroatoms. The molecule has 0 aliphatic carbocycles. The number of hydrogen-bond acceptors (Lipinski definition) is 3. The Kier molecular flexibility index (Phi) is 6.60. The highest BCUT2D eigenvalue weighted by molar-refractivity contribution is 5.85.